The minimum atomic E-state index is -1.64. The number of nitrogens with zero attached hydrogens (tertiary/aromatic N) is 1. The maximum atomic E-state index is 12.7. The lowest BCUT2D eigenvalue weighted by Crippen LogP contribution is -2.44. The van der Waals surface area contributed by atoms with Crippen LogP contribution in [0.4, 0.5) is 0 Å². The zero-order chi connectivity index (χ0) is 43.5. The van der Waals surface area contributed by atoms with E-state index in [1.165, 1.54) is 51.4 Å². The molecule has 0 N–H and O–H groups in total. The summed E-state index contributed by atoms with van der Waals surface area (Å²) in [5.74, 6) is -2.38. The van der Waals surface area contributed by atoms with E-state index in [9.17, 15) is 19.5 Å². The Kier molecular flexibility index (Phi) is 38.7. The summed E-state index contributed by atoms with van der Waals surface area (Å²) in [6.07, 6.45) is 49.1. The van der Waals surface area contributed by atoms with E-state index in [0.717, 1.165) is 64.2 Å². The van der Waals surface area contributed by atoms with E-state index in [-0.39, 0.29) is 38.6 Å². The number of carbonyl (C=O) groups excluding carboxylic acids is 3. The van der Waals surface area contributed by atoms with Gasteiger partial charge in [0.15, 0.2) is 12.4 Å². The molecule has 0 aliphatic carbocycles. The van der Waals surface area contributed by atoms with Crippen LogP contribution in [0.25, 0.3) is 0 Å². The number of quaternary nitrogens is 1. The number of aliphatic carboxylic acids is 1. The van der Waals surface area contributed by atoms with Crippen molar-refractivity contribution in [1.82, 2.24) is 0 Å². The normalized spacial score (nSPS) is 13.7. The summed E-state index contributed by atoms with van der Waals surface area (Å²) in [5.41, 5.74) is 0. The third-order valence-electron chi connectivity index (χ3n) is 9.16. The van der Waals surface area contributed by atoms with Crippen LogP contribution in [0.15, 0.2) is 85.1 Å². The van der Waals surface area contributed by atoms with Gasteiger partial charge >= 0.3 is 11.9 Å². The quantitative estimate of drug-likeness (QED) is 0.0197. The van der Waals surface area contributed by atoms with Crippen molar-refractivity contribution in [1.29, 1.82) is 0 Å². The summed E-state index contributed by atoms with van der Waals surface area (Å²) in [6, 6.07) is 0. The number of esters is 2. The fourth-order valence-corrected chi connectivity index (χ4v) is 5.64. The molecule has 0 aromatic heterocycles. The first kappa shape index (κ1) is 55.5. The maximum Gasteiger partial charge on any atom is 0.306 e. The van der Waals surface area contributed by atoms with Crippen LogP contribution in [0, 0.1) is 0 Å². The molecule has 59 heavy (non-hydrogen) atoms. The minimum absolute atomic E-state index is 0.133. The Hall–Kier alpha value is -3.53. The van der Waals surface area contributed by atoms with Crippen molar-refractivity contribution in [3.8, 4) is 0 Å². The smallest absolute Gasteiger partial charge is 0.306 e. The van der Waals surface area contributed by atoms with Crippen LogP contribution in [0.5, 0.6) is 0 Å². The third-order valence-corrected chi connectivity index (χ3v) is 9.16. The zero-order valence-corrected chi connectivity index (χ0v) is 37.8. The van der Waals surface area contributed by atoms with Crippen molar-refractivity contribution in [2.45, 2.75) is 167 Å². The summed E-state index contributed by atoms with van der Waals surface area (Å²) in [7, 11) is 5.88. The van der Waals surface area contributed by atoms with E-state index in [2.05, 4.69) is 92.8 Å². The lowest BCUT2D eigenvalue weighted by atomic mass is 10.1. The van der Waals surface area contributed by atoms with Crippen molar-refractivity contribution in [3.05, 3.63) is 85.1 Å². The minimum Gasteiger partial charge on any atom is -0.545 e. The fourth-order valence-electron chi connectivity index (χ4n) is 5.64. The Bertz CT molecular complexity index is 1240. The second-order valence-corrected chi connectivity index (χ2v) is 16.0. The molecule has 2 atom stereocenters. The molecule has 0 aliphatic heterocycles. The molecule has 0 aromatic carbocycles. The zero-order valence-electron chi connectivity index (χ0n) is 37.8. The van der Waals surface area contributed by atoms with Gasteiger partial charge in [-0.15, -0.1) is 0 Å². The second kappa shape index (κ2) is 41.2. The summed E-state index contributed by atoms with van der Waals surface area (Å²) >= 11 is 0. The van der Waals surface area contributed by atoms with E-state index in [1.807, 2.05) is 27.2 Å². The van der Waals surface area contributed by atoms with Crippen molar-refractivity contribution >= 4 is 17.9 Å². The number of allylic oxidation sites excluding steroid dienone is 14. The van der Waals surface area contributed by atoms with Gasteiger partial charge in [-0.2, -0.15) is 0 Å². The van der Waals surface area contributed by atoms with Crippen LogP contribution >= 0.6 is 0 Å². The topological polar surface area (TPSA) is 111 Å². The number of rotatable bonds is 40. The van der Waals surface area contributed by atoms with E-state index in [0.29, 0.717) is 23.9 Å². The number of likely N-dealkylation sites (N-methyl/N-ethyl adjacent to an activating group) is 1. The van der Waals surface area contributed by atoms with Crippen molar-refractivity contribution in [2.24, 2.45) is 0 Å². The van der Waals surface area contributed by atoms with Gasteiger partial charge in [0.05, 0.1) is 40.3 Å². The summed E-state index contributed by atoms with van der Waals surface area (Å²) in [5, 5.41) is 11.7. The average molecular weight is 826 g/mol. The Morgan fingerprint density at radius 1 is 0.525 bits per heavy atom. The lowest BCUT2D eigenvalue weighted by molar-refractivity contribution is -0.870. The van der Waals surface area contributed by atoms with Crippen molar-refractivity contribution in [2.75, 3.05) is 47.5 Å². The molecule has 336 valence electrons. The Morgan fingerprint density at radius 3 is 1.42 bits per heavy atom. The van der Waals surface area contributed by atoms with Gasteiger partial charge in [-0.05, 0) is 64.2 Å². The molecule has 0 aromatic rings. The molecule has 0 radical (unpaired) electrons. The monoisotopic (exact) mass is 826 g/mol. The summed E-state index contributed by atoms with van der Waals surface area (Å²) < 4.78 is 22.4. The SMILES string of the molecule is CC/C=C\C/C=C\C/C=C\C/C=C\C/C=C\C/C=C\C/C=C\CCCC(=O)OC(COC(=O)CCCCCCCCCCCCC)COC(OCC[N+](C)(C)C)C(=O)[O-]. The molecular formula is C50H83NO8. The molecule has 0 heterocycles. The Balaban J connectivity index is 4.53. The number of hydrogen-bond acceptors (Lipinski definition) is 8. The first-order valence-corrected chi connectivity index (χ1v) is 22.7. The van der Waals surface area contributed by atoms with Gasteiger partial charge in [0.1, 0.15) is 13.2 Å². The second-order valence-electron chi connectivity index (χ2n) is 16.0. The number of unbranched alkanes of at least 4 members (excludes halogenated alkanes) is 11. The molecule has 0 aliphatic rings. The lowest BCUT2D eigenvalue weighted by Gasteiger charge is -2.26. The Morgan fingerprint density at radius 2 is 0.966 bits per heavy atom. The fraction of sp³-hybridized carbons (Fsp3) is 0.660. The molecule has 0 spiro atoms. The van der Waals surface area contributed by atoms with Crippen LogP contribution in [0.3, 0.4) is 0 Å². The number of carbonyl (C=O) groups is 3. The number of ether oxygens (including phenoxy) is 4. The summed E-state index contributed by atoms with van der Waals surface area (Å²) in [6.45, 7) is 4.52. The van der Waals surface area contributed by atoms with Gasteiger partial charge in [0.2, 0.25) is 0 Å². The van der Waals surface area contributed by atoms with Crippen molar-refractivity contribution in [3.63, 3.8) is 0 Å². The predicted octanol–water partition coefficient (Wildman–Crippen LogP) is 10.8. The van der Waals surface area contributed by atoms with Gasteiger partial charge < -0.3 is 33.3 Å². The molecular weight excluding hydrogens is 743 g/mol. The molecule has 0 bridgehead atoms. The van der Waals surface area contributed by atoms with Crippen molar-refractivity contribution < 1.29 is 42.9 Å². The molecule has 0 amide bonds. The molecule has 0 saturated heterocycles. The predicted molar refractivity (Wildman–Crippen MR) is 241 cm³/mol. The first-order valence-electron chi connectivity index (χ1n) is 22.7. The van der Waals surface area contributed by atoms with Crippen LogP contribution < -0.4 is 5.11 Å². The third kappa shape index (κ3) is 42.4. The molecule has 9 heteroatoms. The van der Waals surface area contributed by atoms with Gasteiger partial charge in [-0.25, -0.2) is 0 Å². The highest BCUT2D eigenvalue weighted by molar-refractivity contribution is 5.70. The molecule has 2 unspecified atom stereocenters. The highest BCUT2D eigenvalue weighted by Gasteiger charge is 2.21. The van der Waals surface area contributed by atoms with Gasteiger partial charge in [0, 0.05) is 12.8 Å². The van der Waals surface area contributed by atoms with Gasteiger partial charge in [-0.3, -0.25) is 9.59 Å². The molecule has 9 nitrogen and oxygen atoms in total. The van der Waals surface area contributed by atoms with Gasteiger partial charge in [-0.1, -0.05) is 163 Å². The molecule has 0 rings (SSSR count). The molecule has 0 saturated carbocycles. The van der Waals surface area contributed by atoms with Gasteiger partial charge in [0.25, 0.3) is 0 Å². The standard InChI is InChI=1S/C50H83NO8/c1-6-8-10-12-14-16-18-19-20-21-22-23-24-25-26-27-28-29-31-33-35-37-39-41-48(53)59-46(45-58-50(49(54)55)56-43-42-51(3,4)5)44-57-47(52)40-38-36-34-32-30-17-15-13-11-9-7-2/h8,10,14,16,19-20,22-23,25-26,28-29,33,35,46,50H,6-7,9,11-13,15,17-18,21,24,27,30-32,34,36-45H2,1-5H3/b10-8-,16-14-,20-19-,23-22-,26-25-,29-28-,35-33-. The first-order chi connectivity index (χ1) is 28.6. The van der Waals surface area contributed by atoms with Crippen LogP contribution in [-0.4, -0.2) is 82.3 Å². The molecule has 0 fully saturated rings. The highest BCUT2D eigenvalue weighted by Crippen LogP contribution is 2.13. The average Bonchev–Trinajstić information content (AvgIpc) is 3.19. The van der Waals surface area contributed by atoms with Crippen LogP contribution in [0.1, 0.15) is 155 Å². The van der Waals surface area contributed by atoms with E-state index >= 15 is 0 Å². The summed E-state index contributed by atoms with van der Waals surface area (Å²) in [4.78, 5) is 36.9. The van der Waals surface area contributed by atoms with Crippen LogP contribution in [-0.2, 0) is 33.3 Å². The van der Waals surface area contributed by atoms with Crippen LogP contribution in [0.2, 0.25) is 0 Å². The Labute approximate surface area is 359 Å². The number of carboxylic acids is 1. The number of carboxylic acid groups (broad SMARTS) is 1. The largest absolute Gasteiger partial charge is 0.545 e. The number of hydrogen-bond donors (Lipinski definition) is 0. The van der Waals surface area contributed by atoms with E-state index in [1.54, 1.807) is 0 Å². The van der Waals surface area contributed by atoms with E-state index < -0.39 is 24.3 Å². The highest BCUT2D eigenvalue weighted by atomic mass is 16.7. The maximum absolute atomic E-state index is 12.7. The van der Waals surface area contributed by atoms with E-state index in [4.69, 9.17) is 18.9 Å².